The standard InChI is InChI=1S/C20H20ClF3N4O/c1-19(2,3)14-9-25-18(21)27-17(14)29-11-12-5-7-13(8-6-12)16-26-15(10-28(16)4)20(22,23)24/h5-10H,11H2,1-4H3. The first-order valence-corrected chi connectivity index (χ1v) is 9.18. The molecule has 29 heavy (non-hydrogen) atoms. The highest BCUT2D eigenvalue weighted by atomic mass is 35.5. The van der Waals surface area contributed by atoms with E-state index in [1.54, 1.807) is 30.5 Å². The quantitative estimate of drug-likeness (QED) is 0.524. The number of rotatable bonds is 4. The topological polar surface area (TPSA) is 52.8 Å². The highest BCUT2D eigenvalue weighted by Gasteiger charge is 2.34. The molecule has 2 aromatic heterocycles. The van der Waals surface area contributed by atoms with Crippen molar-refractivity contribution < 1.29 is 17.9 Å². The first-order valence-electron chi connectivity index (χ1n) is 8.81. The number of halogens is 4. The normalized spacial score (nSPS) is 12.3. The van der Waals surface area contributed by atoms with E-state index in [0.29, 0.717) is 11.4 Å². The van der Waals surface area contributed by atoms with E-state index >= 15 is 0 Å². The molecule has 1 aromatic carbocycles. The van der Waals surface area contributed by atoms with Gasteiger partial charge in [-0.05, 0) is 22.6 Å². The zero-order valence-corrected chi connectivity index (χ0v) is 17.1. The van der Waals surface area contributed by atoms with Gasteiger partial charge in [0.15, 0.2) is 5.69 Å². The maximum atomic E-state index is 12.9. The molecule has 0 saturated heterocycles. The molecule has 154 valence electrons. The Hall–Kier alpha value is -2.61. The van der Waals surface area contributed by atoms with Crippen LogP contribution in [0.15, 0.2) is 36.7 Å². The molecule has 5 nitrogen and oxygen atoms in total. The van der Waals surface area contributed by atoms with Crippen molar-refractivity contribution in [3.05, 3.63) is 58.8 Å². The van der Waals surface area contributed by atoms with Gasteiger partial charge in [0.2, 0.25) is 11.2 Å². The first-order chi connectivity index (χ1) is 13.4. The molecule has 0 aliphatic heterocycles. The summed E-state index contributed by atoms with van der Waals surface area (Å²) in [4.78, 5) is 11.9. The van der Waals surface area contributed by atoms with Crippen molar-refractivity contribution in [3.63, 3.8) is 0 Å². The van der Waals surface area contributed by atoms with Gasteiger partial charge in [-0.3, -0.25) is 0 Å². The summed E-state index contributed by atoms with van der Waals surface area (Å²) in [5, 5.41) is 0.0959. The maximum absolute atomic E-state index is 12.9. The van der Waals surface area contributed by atoms with Gasteiger partial charge in [0.1, 0.15) is 12.4 Å². The summed E-state index contributed by atoms with van der Waals surface area (Å²) >= 11 is 5.89. The number of imidazole rings is 1. The van der Waals surface area contributed by atoms with Crippen LogP contribution >= 0.6 is 11.6 Å². The molecule has 3 aromatic rings. The van der Waals surface area contributed by atoms with Crippen LogP contribution in [0.1, 0.15) is 37.6 Å². The average Bonchev–Trinajstić information content (AvgIpc) is 3.01. The second kappa shape index (κ2) is 7.67. The Morgan fingerprint density at radius 1 is 1.07 bits per heavy atom. The molecule has 0 aliphatic carbocycles. The Bertz CT molecular complexity index is 1010. The second-order valence-electron chi connectivity index (χ2n) is 7.65. The van der Waals surface area contributed by atoms with E-state index in [-0.39, 0.29) is 23.1 Å². The number of hydrogen-bond acceptors (Lipinski definition) is 4. The maximum Gasteiger partial charge on any atom is 0.434 e. The molecule has 0 unspecified atom stereocenters. The largest absolute Gasteiger partial charge is 0.472 e. The Labute approximate surface area is 171 Å². The van der Waals surface area contributed by atoms with E-state index in [4.69, 9.17) is 16.3 Å². The van der Waals surface area contributed by atoms with Gasteiger partial charge >= 0.3 is 6.18 Å². The van der Waals surface area contributed by atoms with Crippen molar-refractivity contribution in [2.45, 2.75) is 39.0 Å². The van der Waals surface area contributed by atoms with E-state index < -0.39 is 11.9 Å². The van der Waals surface area contributed by atoms with Crippen LogP contribution in [-0.4, -0.2) is 19.5 Å². The van der Waals surface area contributed by atoms with Crippen LogP contribution in [0.5, 0.6) is 5.88 Å². The molecule has 0 saturated carbocycles. The third-order valence-corrected chi connectivity index (χ3v) is 4.47. The fourth-order valence-corrected chi connectivity index (χ4v) is 2.87. The molecule has 0 spiro atoms. The number of ether oxygens (including phenoxy) is 1. The van der Waals surface area contributed by atoms with Gasteiger partial charge in [-0.1, -0.05) is 45.0 Å². The molecular formula is C20H20ClF3N4O. The monoisotopic (exact) mass is 424 g/mol. The van der Waals surface area contributed by atoms with Crippen molar-refractivity contribution in [1.82, 2.24) is 19.5 Å². The zero-order chi connectivity index (χ0) is 21.4. The molecule has 0 bridgehead atoms. The summed E-state index contributed by atoms with van der Waals surface area (Å²) < 4.78 is 45.8. The lowest BCUT2D eigenvalue weighted by molar-refractivity contribution is -0.140. The molecule has 0 N–H and O–H groups in total. The van der Waals surface area contributed by atoms with Crippen LogP contribution in [-0.2, 0) is 25.2 Å². The van der Waals surface area contributed by atoms with Crippen molar-refractivity contribution >= 4 is 11.6 Å². The third kappa shape index (κ3) is 4.87. The van der Waals surface area contributed by atoms with Gasteiger partial charge in [-0.25, -0.2) is 9.97 Å². The molecule has 0 fully saturated rings. The summed E-state index contributed by atoms with van der Waals surface area (Å²) in [5.74, 6) is 0.642. The van der Waals surface area contributed by atoms with Crippen LogP contribution in [0.25, 0.3) is 11.4 Å². The van der Waals surface area contributed by atoms with Crippen molar-refractivity contribution in [3.8, 4) is 17.3 Å². The molecular weight excluding hydrogens is 405 g/mol. The summed E-state index contributed by atoms with van der Waals surface area (Å²) in [6, 6.07) is 6.96. The van der Waals surface area contributed by atoms with Crippen molar-refractivity contribution in [2.24, 2.45) is 7.05 Å². The van der Waals surface area contributed by atoms with Gasteiger partial charge < -0.3 is 9.30 Å². The lowest BCUT2D eigenvalue weighted by atomic mass is 9.89. The number of alkyl halides is 3. The highest BCUT2D eigenvalue weighted by molar-refractivity contribution is 6.28. The lowest BCUT2D eigenvalue weighted by Crippen LogP contribution is -2.15. The number of hydrogen-bond donors (Lipinski definition) is 0. The first kappa shape index (κ1) is 21.1. The predicted molar refractivity (Wildman–Crippen MR) is 104 cm³/mol. The second-order valence-corrected chi connectivity index (χ2v) is 7.99. The summed E-state index contributed by atoms with van der Waals surface area (Å²) in [6.45, 7) is 6.28. The molecule has 0 atom stereocenters. The Kier molecular flexibility index (Phi) is 5.58. The van der Waals surface area contributed by atoms with E-state index in [1.807, 2.05) is 20.8 Å². The number of aromatic nitrogens is 4. The minimum absolute atomic E-state index is 0.0959. The predicted octanol–water partition coefficient (Wildman–Crippen LogP) is 5.43. The zero-order valence-electron chi connectivity index (χ0n) is 16.4. The van der Waals surface area contributed by atoms with Crippen molar-refractivity contribution in [2.75, 3.05) is 0 Å². The molecule has 0 aliphatic rings. The van der Waals surface area contributed by atoms with E-state index in [0.717, 1.165) is 17.3 Å². The van der Waals surface area contributed by atoms with Gasteiger partial charge in [0.25, 0.3) is 0 Å². The fourth-order valence-electron chi connectivity index (χ4n) is 2.74. The van der Waals surface area contributed by atoms with Gasteiger partial charge in [-0.15, -0.1) is 0 Å². The molecule has 2 heterocycles. The average molecular weight is 425 g/mol. The molecule has 3 rings (SSSR count). The molecule has 0 amide bonds. The number of nitrogens with zero attached hydrogens (tertiary/aromatic N) is 4. The van der Waals surface area contributed by atoms with Crippen LogP contribution < -0.4 is 4.74 Å². The number of benzene rings is 1. The Balaban J connectivity index is 1.78. The minimum Gasteiger partial charge on any atom is -0.472 e. The summed E-state index contributed by atoms with van der Waals surface area (Å²) in [6.07, 6.45) is -1.86. The smallest absolute Gasteiger partial charge is 0.434 e. The Morgan fingerprint density at radius 2 is 1.72 bits per heavy atom. The Morgan fingerprint density at radius 3 is 2.28 bits per heavy atom. The number of aryl methyl sites for hydroxylation is 1. The van der Waals surface area contributed by atoms with Gasteiger partial charge in [0.05, 0.1) is 0 Å². The van der Waals surface area contributed by atoms with Gasteiger partial charge in [-0.2, -0.15) is 18.2 Å². The van der Waals surface area contributed by atoms with E-state index in [9.17, 15) is 13.2 Å². The van der Waals surface area contributed by atoms with Crippen LogP contribution in [0.4, 0.5) is 13.2 Å². The summed E-state index contributed by atoms with van der Waals surface area (Å²) in [7, 11) is 1.53. The lowest BCUT2D eigenvalue weighted by Gasteiger charge is -2.21. The van der Waals surface area contributed by atoms with Crippen LogP contribution in [0, 0.1) is 0 Å². The van der Waals surface area contributed by atoms with Crippen LogP contribution in [0.2, 0.25) is 5.28 Å². The minimum atomic E-state index is -4.48. The fraction of sp³-hybridized carbons (Fsp3) is 0.350. The van der Waals surface area contributed by atoms with Crippen LogP contribution in [0.3, 0.4) is 0 Å². The van der Waals surface area contributed by atoms with Gasteiger partial charge in [0, 0.05) is 30.6 Å². The molecule has 0 radical (unpaired) electrons. The molecule has 9 heteroatoms. The SMILES string of the molecule is Cn1cc(C(F)(F)F)nc1-c1ccc(COc2nc(Cl)ncc2C(C)(C)C)cc1. The third-order valence-electron chi connectivity index (χ3n) is 4.29. The summed E-state index contributed by atoms with van der Waals surface area (Å²) in [5.41, 5.74) is 1.09. The highest BCUT2D eigenvalue weighted by Crippen LogP contribution is 2.32. The van der Waals surface area contributed by atoms with E-state index in [1.165, 1.54) is 11.6 Å². The van der Waals surface area contributed by atoms with Crippen molar-refractivity contribution in [1.29, 1.82) is 0 Å². The van der Waals surface area contributed by atoms with E-state index in [2.05, 4.69) is 15.0 Å².